The van der Waals surface area contributed by atoms with Crippen molar-refractivity contribution in [1.82, 2.24) is 4.98 Å². The van der Waals surface area contributed by atoms with Crippen molar-refractivity contribution in [2.24, 2.45) is 0 Å². The molecule has 0 saturated carbocycles. The predicted octanol–water partition coefficient (Wildman–Crippen LogP) is 6.87. The zero-order valence-corrected chi connectivity index (χ0v) is 16.1. The van der Waals surface area contributed by atoms with Crippen LogP contribution < -0.4 is 0 Å². The lowest BCUT2D eigenvalue weighted by atomic mass is 10.1. The van der Waals surface area contributed by atoms with Crippen LogP contribution in [0, 0.1) is 11.3 Å². The van der Waals surface area contributed by atoms with E-state index in [0.717, 1.165) is 23.2 Å². The van der Waals surface area contributed by atoms with Crippen LogP contribution in [0.25, 0.3) is 22.9 Å². The second-order valence-electron chi connectivity index (χ2n) is 6.03. The van der Waals surface area contributed by atoms with Crippen molar-refractivity contribution in [3.63, 3.8) is 0 Å². The van der Waals surface area contributed by atoms with Gasteiger partial charge in [0.05, 0.1) is 11.3 Å². The molecule has 3 rings (SSSR count). The second kappa shape index (κ2) is 8.80. The number of nitrogens with zero attached hydrogens (tertiary/aromatic N) is 2. The molecular formula is C22H19ClN2S. The Morgan fingerprint density at radius 3 is 2.65 bits per heavy atom. The lowest BCUT2D eigenvalue weighted by Crippen LogP contribution is -1.86. The van der Waals surface area contributed by atoms with Gasteiger partial charge in [0.15, 0.2) is 0 Å². The van der Waals surface area contributed by atoms with Gasteiger partial charge in [-0.1, -0.05) is 67.4 Å². The Labute approximate surface area is 163 Å². The van der Waals surface area contributed by atoms with Gasteiger partial charge in [0.1, 0.15) is 11.1 Å². The SMILES string of the molecule is CCCCc1ccc(-c2csc(/C(C#N)=C/c3ccccc3Cl)n2)cc1. The van der Waals surface area contributed by atoms with Gasteiger partial charge in [-0.25, -0.2) is 4.98 Å². The molecule has 26 heavy (non-hydrogen) atoms. The topological polar surface area (TPSA) is 36.7 Å². The molecule has 0 spiro atoms. The Morgan fingerprint density at radius 2 is 1.96 bits per heavy atom. The molecule has 0 aliphatic heterocycles. The molecule has 0 N–H and O–H groups in total. The van der Waals surface area contributed by atoms with Crippen molar-refractivity contribution in [2.45, 2.75) is 26.2 Å². The Kier molecular flexibility index (Phi) is 6.22. The average Bonchev–Trinajstić information content (AvgIpc) is 3.16. The molecule has 0 bridgehead atoms. The first-order valence-electron chi connectivity index (χ1n) is 8.63. The van der Waals surface area contributed by atoms with Crippen molar-refractivity contribution >= 4 is 34.6 Å². The third kappa shape index (κ3) is 4.40. The summed E-state index contributed by atoms with van der Waals surface area (Å²) in [5, 5.41) is 12.9. The fourth-order valence-corrected chi connectivity index (χ4v) is 3.63. The first-order chi connectivity index (χ1) is 12.7. The molecule has 130 valence electrons. The minimum atomic E-state index is 0.522. The van der Waals surface area contributed by atoms with Gasteiger partial charge in [0.2, 0.25) is 0 Å². The largest absolute Gasteiger partial charge is 0.235 e. The third-order valence-electron chi connectivity index (χ3n) is 4.13. The van der Waals surface area contributed by atoms with Crippen molar-refractivity contribution < 1.29 is 0 Å². The van der Waals surface area contributed by atoms with Gasteiger partial charge in [0.25, 0.3) is 0 Å². The molecule has 3 aromatic rings. The van der Waals surface area contributed by atoms with Gasteiger partial charge in [-0.2, -0.15) is 5.26 Å². The highest BCUT2D eigenvalue weighted by Gasteiger charge is 2.10. The highest BCUT2D eigenvalue weighted by Crippen LogP contribution is 2.28. The summed E-state index contributed by atoms with van der Waals surface area (Å²) in [6, 6.07) is 18.3. The highest BCUT2D eigenvalue weighted by atomic mass is 35.5. The number of unbranched alkanes of at least 4 members (excludes halogenated alkanes) is 1. The van der Waals surface area contributed by atoms with Gasteiger partial charge < -0.3 is 0 Å². The monoisotopic (exact) mass is 378 g/mol. The summed E-state index contributed by atoms with van der Waals surface area (Å²) < 4.78 is 0. The van der Waals surface area contributed by atoms with Gasteiger partial charge in [0, 0.05) is 16.0 Å². The van der Waals surface area contributed by atoms with Crippen LogP contribution in [0.2, 0.25) is 5.02 Å². The number of aromatic nitrogens is 1. The summed E-state index contributed by atoms with van der Waals surface area (Å²) in [4.78, 5) is 4.65. The first kappa shape index (κ1) is 18.4. The fourth-order valence-electron chi connectivity index (χ4n) is 2.64. The van der Waals surface area contributed by atoms with E-state index in [1.807, 2.05) is 29.6 Å². The standard InChI is InChI=1S/C22H19ClN2S/c1-2-3-6-16-9-11-17(12-10-16)21-15-26-22(25-21)19(14-24)13-18-7-4-5-8-20(18)23/h4-5,7-13,15H,2-3,6H2,1H3/b19-13+. The molecule has 0 amide bonds. The van der Waals surface area contributed by atoms with E-state index in [9.17, 15) is 5.26 Å². The summed E-state index contributed by atoms with van der Waals surface area (Å²) >= 11 is 7.67. The fraction of sp³-hybridized carbons (Fsp3) is 0.182. The summed E-state index contributed by atoms with van der Waals surface area (Å²) in [6.07, 6.45) is 5.31. The molecule has 0 fully saturated rings. The van der Waals surface area contributed by atoms with Crippen LogP contribution in [-0.4, -0.2) is 4.98 Å². The van der Waals surface area contributed by atoms with Gasteiger partial charge in [-0.05, 0) is 36.1 Å². The van der Waals surface area contributed by atoms with Crippen molar-refractivity contribution in [3.8, 4) is 17.3 Å². The molecule has 1 heterocycles. The molecule has 2 nitrogen and oxygen atoms in total. The van der Waals surface area contributed by atoms with Crippen LogP contribution in [0.4, 0.5) is 0 Å². The van der Waals surface area contributed by atoms with Crippen molar-refractivity contribution in [1.29, 1.82) is 5.26 Å². The first-order valence-corrected chi connectivity index (χ1v) is 9.88. The van der Waals surface area contributed by atoms with Crippen LogP contribution >= 0.6 is 22.9 Å². The molecule has 0 saturated heterocycles. The number of hydrogen-bond donors (Lipinski definition) is 0. The smallest absolute Gasteiger partial charge is 0.134 e. The lowest BCUT2D eigenvalue weighted by molar-refractivity contribution is 0.795. The van der Waals surface area contributed by atoms with E-state index in [1.54, 1.807) is 6.08 Å². The molecule has 1 aromatic heterocycles. The van der Waals surface area contributed by atoms with Crippen LogP contribution in [0.5, 0.6) is 0 Å². The van der Waals surface area contributed by atoms with E-state index >= 15 is 0 Å². The molecule has 0 unspecified atom stereocenters. The Bertz CT molecular complexity index is 949. The molecule has 0 aliphatic rings. The Balaban J connectivity index is 1.84. The summed E-state index contributed by atoms with van der Waals surface area (Å²) in [5.74, 6) is 0. The summed E-state index contributed by atoms with van der Waals surface area (Å²) in [5.41, 5.74) is 4.66. The van der Waals surface area contributed by atoms with E-state index in [2.05, 4.69) is 42.2 Å². The molecule has 0 radical (unpaired) electrons. The van der Waals surface area contributed by atoms with E-state index in [0.29, 0.717) is 15.6 Å². The van der Waals surface area contributed by atoms with Crippen molar-refractivity contribution in [3.05, 3.63) is 75.1 Å². The number of hydrogen-bond acceptors (Lipinski definition) is 3. The zero-order valence-electron chi connectivity index (χ0n) is 14.6. The maximum Gasteiger partial charge on any atom is 0.134 e. The predicted molar refractivity (Wildman–Crippen MR) is 111 cm³/mol. The Morgan fingerprint density at radius 1 is 1.19 bits per heavy atom. The van der Waals surface area contributed by atoms with Gasteiger partial charge >= 0.3 is 0 Å². The van der Waals surface area contributed by atoms with E-state index in [1.165, 1.54) is 29.7 Å². The Hall–Kier alpha value is -2.41. The number of benzene rings is 2. The van der Waals surface area contributed by atoms with Crippen molar-refractivity contribution in [2.75, 3.05) is 0 Å². The summed E-state index contributed by atoms with van der Waals surface area (Å²) in [6.45, 7) is 2.20. The van der Waals surface area contributed by atoms with Crippen LogP contribution in [0.3, 0.4) is 0 Å². The quantitative estimate of drug-likeness (QED) is 0.439. The van der Waals surface area contributed by atoms with E-state index < -0.39 is 0 Å². The lowest BCUT2D eigenvalue weighted by Gasteiger charge is -2.02. The molecule has 4 heteroatoms. The van der Waals surface area contributed by atoms with Crippen LogP contribution in [0.15, 0.2) is 53.9 Å². The molecule has 0 aliphatic carbocycles. The van der Waals surface area contributed by atoms with Crippen LogP contribution in [0.1, 0.15) is 35.9 Å². The normalized spacial score (nSPS) is 11.3. The number of rotatable bonds is 6. The van der Waals surface area contributed by atoms with Gasteiger partial charge in [-0.3, -0.25) is 0 Å². The number of thiazole rings is 1. The van der Waals surface area contributed by atoms with Gasteiger partial charge in [-0.15, -0.1) is 11.3 Å². The van der Waals surface area contributed by atoms with E-state index in [4.69, 9.17) is 11.6 Å². The minimum absolute atomic E-state index is 0.522. The maximum absolute atomic E-state index is 9.54. The third-order valence-corrected chi connectivity index (χ3v) is 5.35. The average molecular weight is 379 g/mol. The number of nitriles is 1. The maximum atomic E-state index is 9.54. The minimum Gasteiger partial charge on any atom is -0.235 e. The number of halogens is 1. The zero-order chi connectivity index (χ0) is 18.4. The van der Waals surface area contributed by atoms with Crippen LogP contribution in [-0.2, 0) is 6.42 Å². The second-order valence-corrected chi connectivity index (χ2v) is 7.30. The number of allylic oxidation sites excluding steroid dienone is 1. The molecule has 0 atom stereocenters. The molecule has 2 aromatic carbocycles. The van der Waals surface area contributed by atoms with E-state index in [-0.39, 0.29) is 0 Å². The number of aryl methyl sites for hydroxylation is 1. The highest BCUT2D eigenvalue weighted by molar-refractivity contribution is 7.11. The molecular weight excluding hydrogens is 360 g/mol. The summed E-state index contributed by atoms with van der Waals surface area (Å²) in [7, 11) is 0.